The van der Waals surface area contributed by atoms with Crippen LogP contribution < -0.4 is 15.2 Å². The van der Waals surface area contributed by atoms with Crippen LogP contribution in [0.5, 0.6) is 11.5 Å². The number of hydrogen-bond acceptors (Lipinski definition) is 22. The number of hydrogen-bond donors (Lipinski definition) is 13. The number of aliphatic hydroxyl groups is 8. The van der Waals surface area contributed by atoms with Crippen molar-refractivity contribution >= 4 is 29.6 Å². The molecule has 2 saturated heterocycles. The highest BCUT2D eigenvalue weighted by atomic mass is 16.7. The molecule has 10 atom stereocenters. The molecular formula is C58H64N6O20. The Morgan fingerprint density at radius 1 is 0.464 bits per heavy atom. The van der Waals surface area contributed by atoms with Crippen LogP contribution in [0.1, 0.15) is 50.6 Å². The van der Waals surface area contributed by atoms with Gasteiger partial charge < -0.3 is 86.0 Å². The van der Waals surface area contributed by atoms with E-state index in [0.29, 0.717) is 52.3 Å². The maximum absolute atomic E-state index is 11.9. The van der Waals surface area contributed by atoms with Gasteiger partial charge in [-0.25, -0.2) is 0 Å². The molecule has 14 N–H and O–H groups in total. The summed E-state index contributed by atoms with van der Waals surface area (Å²) in [6.45, 7) is -3.67. The lowest BCUT2D eigenvalue weighted by Gasteiger charge is -2.39. The molecule has 26 heteroatoms. The van der Waals surface area contributed by atoms with Crippen molar-refractivity contribution in [3.63, 3.8) is 0 Å². The highest BCUT2D eigenvalue weighted by Gasteiger charge is 2.46. The Bertz CT molecular complexity index is 2960. The summed E-state index contributed by atoms with van der Waals surface area (Å²) in [7, 11) is 0. The molecule has 7 rings (SSSR count). The summed E-state index contributed by atoms with van der Waals surface area (Å²) < 4.78 is 22.3. The van der Waals surface area contributed by atoms with E-state index in [4.69, 9.17) is 34.6 Å². The molecule has 0 amide bonds. The van der Waals surface area contributed by atoms with E-state index in [1.807, 2.05) is 17.0 Å². The van der Waals surface area contributed by atoms with Crippen LogP contribution in [0.4, 0.5) is 5.69 Å². The summed E-state index contributed by atoms with van der Waals surface area (Å²) in [6, 6.07) is 26.3. The highest BCUT2D eigenvalue weighted by molar-refractivity contribution is 5.73. The quantitative estimate of drug-likeness (QED) is 0.0231. The number of carbonyl (C=O) groups is 4. The maximum Gasteiger partial charge on any atom is 0.317 e. The summed E-state index contributed by atoms with van der Waals surface area (Å²) >= 11 is 0. The summed E-state index contributed by atoms with van der Waals surface area (Å²) in [5.41, 5.74) is 10.6. The van der Waals surface area contributed by atoms with Crippen molar-refractivity contribution in [2.75, 3.05) is 51.7 Å². The van der Waals surface area contributed by atoms with Crippen molar-refractivity contribution in [2.45, 2.75) is 94.0 Å². The third kappa shape index (κ3) is 18.7. The van der Waals surface area contributed by atoms with Gasteiger partial charge in [0.2, 0.25) is 12.6 Å². The Morgan fingerprint density at radius 3 is 1.13 bits per heavy atom. The predicted molar refractivity (Wildman–Crippen MR) is 292 cm³/mol. The molecule has 446 valence electrons. The number of rotatable bonds is 25. The van der Waals surface area contributed by atoms with E-state index >= 15 is 0 Å². The molecule has 84 heavy (non-hydrogen) atoms. The minimum Gasteiger partial charge on any atom is -0.480 e. The van der Waals surface area contributed by atoms with E-state index in [0.717, 1.165) is 5.56 Å². The van der Waals surface area contributed by atoms with E-state index < -0.39 is 125 Å². The summed E-state index contributed by atoms with van der Waals surface area (Å²) in [5, 5.41) is 120. The van der Waals surface area contributed by atoms with Crippen molar-refractivity contribution in [1.82, 2.24) is 24.7 Å². The normalized spacial score (nSPS) is 22.1. The minimum absolute atomic E-state index is 0.0912. The van der Waals surface area contributed by atoms with Gasteiger partial charge in [0.25, 0.3) is 0 Å². The molecule has 3 aromatic carbocycles. The fourth-order valence-corrected chi connectivity index (χ4v) is 9.09. The topological polar surface area (TPSA) is 409 Å². The third-order valence-corrected chi connectivity index (χ3v) is 13.1. The maximum atomic E-state index is 11.9. The van der Waals surface area contributed by atoms with Gasteiger partial charge in [0.15, 0.2) is 0 Å². The van der Waals surface area contributed by atoms with Gasteiger partial charge in [0.05, 0.1) is 62.2 Å². The minimum atomic E-state index is -1.65. The second-order valence-electron chi connectivity index (χ2n) is 19.9. The van der Waals surface area contributed by atoms with E-state index in [2.05, 4.69) is 23.7 Å². The van der Waals surface area contributed by atoms with Crippen LogP contribution in [0.15, 0.2) is 97.1 Å². The Hall–Kier alpha value is -8.16. The molecule has 0 aliphatic carbocycles. The molecule has 2 aliphatic rings. The number of carboxylic acid groups (broad SMARTS) is 4. The van der Waals surface area contributed by atoms with Gasteiger partial charge in [-0.3, -0.25) is 43.8 Å². The van der Waals surface area contributed by atoms with Crippen LogP contribution in [-0.2, 0) is 61.3 Å². The molecule has 2 aliphatic heterocycles. The third-order valence-electron chi connectivity index (χ3n) is 13.1. The zero-order valence-electron chi connectivity index (χ0n) is 44.9. The number of aliphatic carboxylic acids is 4. The molecule has 0 radical (unpaired) electrons. The van der Waals surface area contributed by atoms with Crippen LogP contribution >= 0.6 is 0 Å². The Morgan fingerprint density at radius 2 is 0.798 bits per heavy atom. The smallest absolute Gasteiger partial charge is 0.317 e. The van der Waals surface area contributed by atoms with Gasteiger partial charge in [-0.1, -0.05) is 35.8 Å². The lowest BCUT2D eigenvalue weighted by molar-refractivity contribution is -0.277. The fraction of sp³-hybridized carbons (Fsp3) is 0.379. The first-order chi connectivity index (χ1) is 40.1. The summed E-state index contributed by atoms with van der Waals surface area (Å²) in [4.78, 5) is 61.6. The van der Waals surface area contributed by atoms with Crippen LogP contribution in [0.25, 0.3) is 0 Å². The standard InChI is InChI=1S/C58H64N6O20/c59-38-11-5-35(6-12-38)17-18-62(23-39-19-36(21-41(60-39)25-63(27-47(67)68)28-48(69)70)3-1-33-7-13-43(14-8-33)81-57-55(79)53(77)51(75)45(31-65)83-57)24-40-20-37(22-42(61-40)26-64(29-49(71)72)30-50(73)74)4-2-34-9-15-44(16-10-34)82-58-56(80)54(78)52(76)46(32-66)84-58/h5-16,19-22,45-46,51-58,65-66,75-80H,17-18,23-32,59H2,(H,67,68)(H,69,70)(H,71,72)(H,73,74)/t45?,46?,51-,52+,53+,54-,55?,56?,57-,58+. The van der Waals surface area contributed by atoms with Crippen molar-refractivity contribution in [1.29, 1.82) is 0 Å². The van der Waals surface area contributed by atoms with Crippen molar-refractivity contribution in [2.24, 2.45) is 0 Å². The number of pyridine rings is 2. The lowest BCUT2D eigenvalue weighted by Crippen LogP contribution is -2.60. The second kappa shape index (κ2) is 29.9. The van der Waals surface area contributed by atoms with Gasteiger partial charge in [0.1, 0.15) is 60.3 Å². The van der Waals surface area contributed by atoms with Crippen LogP contribution in [0.2, 0.25) is 0 Å². The van der Waals surface area contributed by atoms with Gasteiger partial charge >= 0.3 is 23.9 Å². The zero-order valence-corrected chi connectivity index (χ0v) is 44.9. The van der Waals surface area contributed by atoms with Crippen LogP contribution in [0.3, 0.4) is 0 Å². The molecule has 0 saturated carbocycles. The molecular weight excluding hydrogens is 1100 g/mol. The highest BCUT2D eigenvalue weighted by Crippen LogP contribution is 2.27. The van der Waals surface area contributed by atoms with Gasteiger partial charge in [-0.15, -0.1) is 0 Å². The first-order valence-electron chi connectivity index (χ1n) is 26.2. The molecule has 4 unspecified atom stereocenters. The number of nitrogen functional groups attached to an aromatic ring is 1. The Kier molecular flexibility index (Phi) is 22.6. The number of aliphatic hydroxyl groups excluding tert-OH is 8. The SMILES string of the molecule is Nc1ccc(CCN(Cc2cc(C#Cc3ccc(O[C@@H]4OC(CO)[C@@H](O)[C@H](O)C4O)cc3)cc(CN(CC(=O)O)CC(=O)O)n2)Cc2cc(C#Cc3ccc(O[C@H]4OC(CO)[C@H](O)[C@@H](O)C4O)cc3)cc(CN(CC(=O)O)CC(=O)O)n2)cc1. The largest absolute Gasteiger partial charge is 0.480 e. The fourth-order valence-electron chi connectivity index (χ4n) is 9.09. The predicted octanol–water partition coefficient (Wildman–Crippen LogP) is -1.60. The van der Waals surface area contributed by atoms with Gasteiger partial charge in [-0.2, -0.15) is 0 Å². The zero-order chi connectivity index (χ0) is 60.6. The van der Waals surface area contributed by atoms with Crippen molar-refractivity contribution in [3.05, 3.63) is 148 Å². The number of ether oxygens (including phenoxy) is 4. The molecule has 2 aromatic heterocycles. The first kappa shape index (κ1) is 63.4. The monoisotopic (exact) mass is 1160 g/mol. The molecule has 5 aromatic rings. The van der Waals surface area contributed by atoms with Gasteiger partial charge in [0, 0.05) is 60.7 Å². The number of benzene rings is 3. The van der Waals surface area contributed by atoms with Gasteiger partial charge in [-0.05, 0) is 96.9 Å². The summed E-state index contributed by atoms with van der Waals surface area (Å²) in [5.74, 6) is 7.62. The first-order valence-corrected chi connectivity index (χ1v) is 26.2. The number of nitrogens with zero attached hydrogens (tertiary/aromatic N) is 5. The number of aromatic nitrogens is 2. The summed E-state index contributed by atoms with van der Waals surface area (Å²) in [6.07, 6.45) is -14.5. The number of nitrogens with two attached hydrogens (primary N) is 1. The second-order valence-corrected chi connectivity index (χ2v) is 19.9. The van der Waals surface area contributed by atoms with E-state index in [9.17, 15) is 80.5 Å². The van der Waals surface area contributed by atoms with Crippen LogP contribution in [-0.4, -0.2) is 217 Å². The Balaban J connectivity index is 1.21. The molecule has 2 fully saturated rings. The van der Waals surface area contributed by atoms with Crippen LogP contribution in [0, 0.1) is 23.7 Å². The van der Waals surface area contributed by atoms with E-state index in [1.165, 1.54) is 34.1 Å². The molecule has 4 heterocycles. The van der Waals surface area contributed by atoms with Crippen molar-refractivity contribution < 1.29 is 99.4 Å². The van der Waals surface area contributed by atoms with E-state index in [1.54, 1.807) is 60.7 Å². The Labute approximate surface area is 480 Å². The molecule has 0 bridgehead atoms. The molecule has 26 nitrogen and oxygen atoms in total. The average Bonchev–Trinajstić information content (AvgIpc) is 3.32. The average molecular weight is 1170 g/mol. The number of carboxylic acids is 4. The number of anilines is 1. The lowest BCUT2D eigenvalue weighted by atomic mass is 9.99. The van der Waals surface area contributed by atoms with E-state index in [-0.39, 0.29) is 49.1 Å². The molecule has 0 spiro atoms. The van der Waals surface area contributed by atoms with Crippen molar-refractivity contribution in [3.8, 4) is 35.2 Å².